The number of nitrogens with zero attached hydrogens (tertiary/aromatic N) is 3. The first kappa shape index (κ1) is 32.2. The fourth-order valence-electron chi connectivity index (χ4n) is 4.74. The molecule has 0 unspecified atom stereocenters. The molecule has 0 atom stereocenters. The second-order valence-corrected chi connectivity index (χ2v) is 9.72. The predicted molar refractivity (Wildman–Crippen MR) is 169 cm³/mol. The van der Waals surface area contributed by atoms with Crippen molar-refractivity contribution in [1.82, 2.24) is 19.9 Å². The highest BCUT2D eigenvalue weighted by molar-refractivity contribution is 5.83. The highest BCUT2D eigenvalue weighted by Crippen LogP contribution is 2.24. The minimum atomic E-state index is 0.182. The molecular weight excluding hydrogens is 526 g/mol. The number of fused-ring (bicyclic) bond motifs is 1. The molecule has 0 spiro atoms. The van der Waals surface area contributed by atoms with E-state index in [1.54, 1.807) is 0 Å². The topological polar surface area (TPSA) is 115 Å². The van der Waals surface area contributed by atoms with E-state index in [4.69, 9.17) is 9.72 Å². The molecule has 2 aromatic heterocycles. The lowest BCUT2D eigenvalue weighted by Gasteiger charge is -2.15. The Morgan fingerprint density at radius 1 is 1.07 bits per heavy atom. The standard InChI is InChI=1S/C33H38N4O3.CH5N/c1-4-10-28(27(5-2)13-9-18-38)34-20-26-15-16-29-31(19-26)37(33(22-39)36-29)21-30-32(17-14-24(3)35-30)40-23-25-11-7-6-8-12-25;1-2/h4,6-8,10-12,14-17,19,22,34,38H,5,9,13,18,20-21,23H2,1-3H3;2H2,1H3/b10-4+,28-27-;. The van der Waals surface area contributed by atoms with E-state index >= 15 is 0 Å². The normalized spacial score (nSPS) is 11.7. The quantitative estimate of drug-likeness (QED) is 0.129. The van der Waals surface area contributed by atoms with Crippen molar-refractivity contribution >= 4 is 17.3 Å². The second kappa shape index (κ2) is 16.9. The first-order chi connectivity index (χ1) is 20.6. The molecule has 4 aromatic rings. The van der Waals surface area contributed by atoms with E-state index in [9.17, 15) is 9.90 Å². The maximum atomic E-state index is 12.0. The van der Waals surface area contributed by atoms with Crippen LogP contribution in [0.25, 0.3) is 11.0 Å². The predicted octanol–water partition coefficient (Wildman–Crippen LogP) is 5.86. The molecule has 0 bridgehead atoms. The van der Waals surface area contributed by atoms with E-state index < -0.39 is 0 Å². The van der Waals surface area contributed by atoms with Crippen LogP contribution in [-0.4, -0.2) is 39.6 Å². The van der Waals surface area contributed by atoms with Crippen molar-refractivity contribution in [2.75, 3.05) is 13.7 Å². The lowest BCUT2D eigenvalue weighted by molar-refractivity contribution is 0.111. The maximum Gasteiger partial charge on any atom is 0.185 e. The van der Waals surface area contributed by atoms with Gasteiger partial charge in [0.15, 0.2) is 12.1 Å². The van der Waals surface area contributed by atoms with Gasteiger partial charge in [0.1, 0.15) is 18.1 Å². The summed E-state index contributed by atoms with van der Waals surface area (Å²) < 4.78 is 8.07. The van der Waals surface area contributed by atoms with Crippen LogP contribution in [0.1, 0.15) is 66.2 Å². The van der Waals surface area contributed by atoms with Gasteiger partial charge in [0, 0.05) is 24.5 Å². The average Bonchev–Trinajstić information content (AvgIpc) is 3.37. The molecule has 0 fully saturated rings. The van der Waals surface area contributed by atoms with Crippen LogP contribution in [-0.2, 0) is 19.7 Å². The van der Waals surface area contributed by atoms with Gasteiger partial charge in [-0.3, -0.25) is 9.78 Å². The lowest BCUT2D eigenvalue weighted by atomic mass is 10.0. The Morgan fingerprint density at radius 2 is 1.86 bits per heavy atom. The average molecular weight is 570 g/mol. The molecule has 0 saturated heterocycles. The van der Waals surface area contributed by atoms with Crippen LogP contribution in [0.4, 0.5) is 0 Å². The zero-order chi connectivity index (χ0) is 30.3. The Balaban J connectivity index is 0.00000237. The van der Waals surface area contributed by atoms with Gasteiger partial charge in [-0.1, -0.05) is 49.4 Å². The van der Waals surface area contributed by atoms with Crippen molar-refractivity contribution in [3.63, 3.8) is 0 Å². The monoisotopic (exact) mass is 569 g/mol. The summed E-state index contributed by atoms with van der Waals surface area (Å²) in [5.41, 5.74) is 12.3. The van der Waals surface area contributed by atoms with Crippen LogP contribution in [0, 0.1) is 6.92 Å². The van der Waals surface area contributed by atoms with Gasteiger partial charge in [0.25, 0.3) is 0 Å². The van der Waals surface area contributed by atoms with E-state index in [0.717, 1.165) is 64.8 Å². The molecule has 8 nitrogen and oxygen atoms in total. The number of aromatic nitrogens is 3. The highest BCUT2D eigenvalue weighted by Gasteiger charge is 2.15. The Morgan fingerprint density at radius 3 is 2.55 bits per heavy atom. The molecular formula is C34H43N5O3. The summed E-state index contributed by atoms with van der Waals surface area (Å²) in [7, 11) is 1.50. The number of aliphatic hydroxyl groups is 1. The van der Waals surface area contributed by atoms with Crippen molar-refractivity contribution < 1.29 is 14.6 Å². The van der Waals surface area contributed by atoms with E-state index in [-0.39, 0.29) is 6.61 Å². The smallest absolute Gasteiger partial charge is 0.185 e. The fraction of sp³-hybridized carbons (Fsp3) is 0.324. The second-order valence-electron chi connectivity index (χ2n) is 9.72. The van der Waals surface area contributed by atoms with E-state index in [1.165, 1.54) is 12.6 Å². The summed E-state index contributed by atoms with van der Waals surface area (Å²) in [6.07, 6.45) is 7.42. The Labute approximate surface area is 249 Å². The van der Waals surface area contributed by atoms with Crippen LogP contribution in [0.15, 0.2) is 84.1 Å². The first-order valence-electron chi connectivity index (χ1n) is 14.4. The van der Waals surface area contributed by atoms with Gasteiger partial charge in [0.05, 0.1) is 17.6 Å². The van der Waals surface area contributed by atoms with E-state index in [2.05, 4.69) is 35.1 Å². The molecule has 4 N–H and O–H groups in total. The fourth-order valence-corrected chi connectivity index (χ4v) is 4.74. The summed E-state index contributed by atoms with van der Waals surface area (Å²) in [4.78, 5) is 21.4. The van der Waals surface area contributed by atoms with Crippen LogP contribution < -0.4 is 15.8 Å². The van der Waals surface area contributed by atoms with Gasteiger partial charge in [-0.25, -0.2) is 4.98 Å². The Bertz CT molecular complexity index is 1490. The Hall–Kier alpha value is -4.27. The number of aldehydes is 1. The molecule has 0 aliphatic rings. The van der Waals surface area contributed by atoms with Gasteiger partial charge >= 0.3 is 0 Å². The third-order valence-corrected chi connectivity index (χ3v) is 6.82. The Kier molecular flexibility index (Phi) is 12.9. The minimum absolute atomic E-state index is 0.182. The molecule has 0 aliphatic carbocycles. The third-order valence-electron chi connectivity index (χ3n) is 6.82. The molecule has 0 amide bonds. The third kappa shape index (κ3) is 8.61. The van der Waals surface area contributed by atoms with Crippen LogP contribution in [0.5, 0.6) is 5.75 Å². The van der Waals surface area contributed by atoms with Crippen molar-refractivity contribution in [1.29, 1.82) is 0 Å². The van der Waals surface area contributed by atoms with Crippen molar-refractivity contribution in [3.8, 4) is 5.75 Å². The van der Waals surface area contributed by atoms with Crippen molar-refractivity contribution in [3.05, 3.63) is 112 Å². The maximum absolute atomic E-state index is 12.0. The lowest BCUT2D eigenvalue weighted by Crippen LogP contribution is -2.14. The molecule has 4 rings (SSSR count). The number of nitrogens with one attached hydrogen (secondary N) is 1. The molecule has 0 aliphatic heterocycles. The number of aryl methyl sites for hydroxylation is 1. The highest BCUT2D eigenvalue weighted by atomic mass is 16.5. The number of imidazole rings is 1. The number of allylic oxidation sites excluding steroid dienone is 3. The summed E-state index contributed by atoms with van der Waals surface area (Å²) in [6, 6.07) is 19.9. The number of benzene rings is 2. The largest absolute Gasteiger partial charge is 0.487 e. The molecule has 0 saturated carbocycles. The van der Waals surface area contributed by atoms with Crippen molar-refractivity contribution in [2.24, 2.45) is 5.73 Å². The van der Waals surface area contributed by atoms with Gasteiger partial charge < -0.3 is 25.5 Å². The number of carbonyl (C=O) groups is 1. The number of nitrogens with two attached hydrogens (primary N) is 1. The van der Waals surface area contributed by atoms with E-state index in [0.29, 0.717) is 31.3 Å². The number of carbonyl (C=O) groups excluding carboxylic acids is 1. The SMILES string of the molecule is C/C=C/C(NCc1ccc2nc(C=O)n(Cc3nc(C)ccc3OCc3ccccc3)c2c1)=C(\CC)CCCO.CN. The zero-order valence-corrected chi connectivity index (χ0v) is 25.1. The summed E-state index contributed by atoms with van der Waals surface area (Å²) in [6.45, 7) is 7.68. The van der Waals surface area contributed by atoms with Gasteiger partial charge in [-0.05, 0) is 87.2 Å². The number of ether oxygens (including phenoxy) is 1. The number of aliphatic hydroxyl groups excluding tert-OH is 1. The number of pyridine rings is 1. The molecule has 8 heteroatoms. The number of rotatable bonds is 14. The molecule has 2 heterocycles. The van der Waals surface area contributed by atoms with Crippen LogP contribution in [0.2, 0.25) is 0 Å². The van der Waals surface area contributed by atoms with Crippen LogP contribution in [0.3, 0.4) is 0 Å². The molecule has 222 valence electrons. The molecule has 42 heavy (non-hydrogen) atoms. The van der Waals surface area contributed by atoms with Gasteiger partial charge in [-0.15, -0.1) is 0 Å². The van der Waals surface area contributed by atoms with Crippen molar-refractivity contribution in [2.45, 2.75) is 59.7 Å². The first-order valence-corrected chi connectivity index (χ1v) is 14.4. The molecule has 2 aromatic carbocycles. The number of hydrogen-bond donors (Lipinski definition) is 3. The van der Waals surface area contributed by atoms with Gasteiger partial charge in [0.2, 0.25) is 0 Å². The number of hydrogen-bond acceptors (Lipinski definition) is 7. The summed E-state index contributed by atoms with van der Waals surface area (Å²) >= 11 is 0. The zero-order valence-electron chi connectivity index (χ0n) is 25.1. The van der Waals surface area contributed by atoms with Gasteiger partial charge in [-0.2, -0.15) is 0 Å². The van der Waals surface area contributed by atoms with Crippen LogP contribution >= 0.6 is 0 Å². The minimum Gasteiger partial charge on any atom is -0.487 e. The summed E-state index contributed by atoms with van der Waals surface area (Å²) in [5, 5.41) is 12.9. The molecule has 0 radical (unpaired) electrons. The summed E-state index contributed by atoms with van der Waals surface area (Å²) in [5.74, 6) is 1.03. The van der Waals surface area contributed by atoms with E-state index in [1.807, 2.05) is 79.1 Å².